The van der Waals surface area contributed by atoms with Gasteiger partial charge in [0.2, 0.25) is 0 Å². The average Bonchev–Trinajstić information content (AvgIpc) is 2.94. The summed E-state index contributed by atoms with van der Waals surface area (Å²) >= 11 is 0. The molecule has 0 aliphatic carbocycles. The molecule has 1 saturated heterocycles. The lowest BCUT2D eigenvalue weighted by molar-refractivity contribution is -0.154. The number of halogens is 1. The predicted octanol–water partition coefficient (Wildman–Crippen LogP) is 3.61. The molecule has 2 amide bonds. The molecule has 2 aromatic carbocycles. The van der Waals surface area contributed by atoms with Gasteiger partial charge < -0.3 is 9.47 Å². The Morgan fingerprint density at radius 3 is 2.43 bits per heavy atom. The largest absolute Gasteiger partial charge is 0.497 e. The Kier molecular flexibility index (Phi) is 6.95. The van der Waals surface area contributed by atoms with Gasteiger partial charge in [0.05, 0.1) is 7.11 Å². The van der Waals surface area contributed by atoms with E-state index >= 15 is 0 Å². The minimum Gasteiger partial charge on any atom is -0.497 e. The molecule has 7 heteroatoms. The molecule has 6 nitrogen and oxygen atoms in total. The molecule has 0 bridgehead atoms. The van der Waals surface area contributed by atoms with Crippen molar-refractivity contribution in [3.63, 3.8) is 0 Å². The molecule has 1 unspecified atom stereocenters. The minimum atomic E-state index is -1.04. The smallest absolute Gasteiger partial charge is 0.331 e. The van der Waals surface area contributed by atoms with Crippen LogP contribution < -0.4 is 4.74 Å². The Labute approximate surface area is 173 Å². The van der Waals surface area contributed by atoms with Crippen molar-refractivity contribution in [2.75, 3.05) is 13.7 Å². The molecule has 2 aromatic rings. The zero-order valence-corrected chi connectivity index (χ0v) is 16.5. The Morgan fingerprint density at radius 2 is 1.77 bits per heavy atom. The van der Waals surface area contributed by atoms with Crippen molar-refractivity contribution in [1.29, 1.82) is 0 Å². The third-order valence-electron chi connectivity index (χ3n) is 4.76. The van der Waals surface area contributed by atoms with Gasteiger partial charge in [0.25, 0.3) is 11.8 Å². The maximum atomic E-state index is 13.1. The quantitative estimate of drug-likeness (QED) is 0.427. The SMILES string of the molecule is COc1ccc(/C=C/C(=O)OC2CCCCN(C(=O)c3ccc(F)cc3)C2=O)cc1. The number of benzene rings is 2. The first-order valence-corrected chi connectivity index (χ1v) is 9.62. The van der Waals surface area contributed by atoms with Crippen LogP contribution in [0.1, 0.15) is 35.2 Å². The molecular formula is C23H22FNO5. The van der Waals surface area contributed by atoms with Crippen molar-refractivity contribution in [2.45, 2.75) is 25.4 Å². The first kappa shape index (κ1) is 21.2. The molecule has 3 rings (SSSR count). The number of esters is 1. The van der Waals surface area contributed by atoms with E-state index in [1.807, 2.05) is 0 Å². The lowest BCUT2D eigenvalue weighted by atomic mass is 10.1. The maximum absolute atomic E-state index is 13.1. The van der Waals surface area contributed by atoms with Crippen LogP contribution in [-0.4, -0.2) is 42.4 Å². The lowest BCUT2D eigenvalue weighted by Crippen LogP contribution is -2.43. The first-order valence-electron chi connectivity index (χ1n) is 9.62. The predicted molar refractivity (Wildman–Crippen MR) is 108 cm³/mol. The zero-order valence-electron chi connectivity index (χ0n) is 16.5. The molecular weight excluding hydrogens is 389 g/mol. The molecule has 156 valence electrons. The summed E-state index contributed by atoms with van der Waals surface area (Å²) in [5.41, 5.74) is 0.976. The van der Waals surface area contributed by atoms with Crippen LogP contribution in [0.15, 0.2) is 54.6 Å². The van der Waals surface area contributed by atoms with Gasteiger partial charge in [-0.1, -0.05) is 12.1 Å². The van der Waals surface area contributed by atoms with Gasteiger partial charge in [-0.15, -0.1) is 0 Å². The molecule has 0 N–H and O–H groups in total. The van der Waals surface area contributed by atoms with Gasteiger partial charge in [0.15, 0.2) is 6.10 Å². The van der Waals surface area contributed by atoms with Gasteiger partial charge in [-0.3, -0.25) is 14.5 Å². The summed E-state index contributed by atoms with van der Waals surface area (Å²) in [7, 11) is 1.57. The Bertz CT molecular complexity index is 937. The fourth-order valence-electron chi connectivity index (χ4n) is 3.13. The third kappa shape index (κ3) is 5.31. The summed E-state index contributed by atoms with van der Waals surface area (Å²) in [6.45, 7) is 0.227. The van der Waals surface area contributed by atoms with E-state index in [1.54, 1.807) is 37.5 Å². The van der Waals surface area contributed by atoms with Crippen LogP contribution in [0.5, 0.6) is 5.75 Å². The fraction of sp³-hybridized carbons (Fsp3) is 0.261. The second kappa shape index (κ2) is 9.82. The molecule has 1 atom stereocenters. The van der Waals surface area contributed by atoms with Crippen LogP contribution in [0.2, 0.25) is 0 Å². The van der Waals surface area contributed by atoms with Gasteiger partial charge in [0, 0.05) is 18.2 Å². The molecule has 0 radical (unpaired) electrons. The van der Waals surface area contributed by atoms with E-state index in [-0.39, 0.29) is 12.1 Å². The molecule has 0 saturated carbocycles. The molecule has 1 aliphatic heterocycles. The van der Waals surface area contributed by atoms with E-state index in [0.717, 1.165) is 22.6 Å². The highest BCUT2D eigenvalue weighted by atomic mass is 19.1. The van der Waals surface area contributed by atoms with E-state index in [1.165, 1.54) is 18.2 Å². The number of imide groups is 1. The van der Waals surface area contributed by atoms with E-state index in [0.29, 0.717) is 25.0 Å². The Morgan fingerprint density at radius 1 is 1.07 bits per heavy atom. The van der Waals surface area contributed by atoms with E-state index in [2.05, 4.69) is 0 Å². The highest BCUT2D eigenvalue weighted by Crippen LogP contribution is 2.19. The molecule has 1 aliphatic rings. The number of carbonyl (C=O) groups excluding carboxylic acids is 3. The summed E-state index contributed by atoms with van der Waals surface area (Å²) in [5, 5.41) is 0. The number of ether oxygens (including phenoxy) is 2. The highest BCUT2D eigenvalue weighted by molar-refractivity contribution is 6.06. The molecule has 1 heterocycles. The summed E-state index contributed by atoms with van der Waals surface area (Å²) < 4.78 is 23.5. The summed E-state index contributed by atoms with van der Waals surface area (Å²) in [5.74, 6) is -1.53. The van der Waals surface area contributed by atoms with E-state index in [9.17, 15) is 18.8 Å². The normalized spacial score (nSPS) is 16.9. The summed E-state index contributed by atoms with van der Waals surface area (Å²) in [6.07, 6.45) is 3.36. The topological polar surface area (TPSA) is 72.9 Å². The van der Waals surface area contributed by atoms with Crippen LogP contribution in [0, 0.1) is 5.82 Å². The second-order valence-corrected chi connectivity index (χ2v) is 6.83. The third-order valence-corrected chi connectivity index (χ3v) is 4.76. The van der Waals surface area contributed by atoms with Crippen molar-refractivity contribution in [3.8, 4) is 5.75 Å². The van der Waals surface area contributed by atoms with Crippen LogP contribution >= 0.6 is 0 Å². The molecule has 1 fully saturated rings. The highest BCUT2D eigenvalue weighted by Gasteiger charge is 2.33. The molecule has 0 aromatic heterocycles. The average molecular weight is 411 g/mol. The number of nitrogens with zero attached hydrogens (tertiary/aromatic N) is 1. The van der Waals surface area contributed by atoms with Crippen molar-refractivity contribution in [1.82, 2.24) is 4.90 Å². The van der Waals surface area contributed by atoms with E-state index < -0.39 is 29.7 Å². The fourth-order valence-corrected chi connectivity index (χ4v) is 3.13. The number of hydrogen-bond donors (Lipinski definition) is 0. The van der Waals surface area contributed by atoms with E-state index in [4.69, 9.17) is 9.47 Å². The van der Waals surface area contributed by atoms with Gasteiger partial charge in [0.1, 0.15) is 11.6 Å². The van der Waals surface area contributed by atoms with Crippen LogP contribution in [0.25, 0.3) is 6.08 Å². The summed E-state index contributed by atoms with van der Waals surface area (Å²) in [4.78, 5) is 38.8. The van der Waals surface area contributed by atoms with Gasteiger partial charge >= 0.3 is 5.97 Å². The number of amides is 2. The van der Waals surface area contributed by atoms with Crippen LogP contribution in [-0.2, 0) is 14.3 Å². The number of rotatable bonds is 5. The Hall–Kier alpha value is -3.48. The van der Waals surface area contributed by atoms with Crippen molar-refractivity contribution in [2.24, 2.45) is 0 Å². The summed E-state index contributed by atoms with van der Waals surface area (Å²) in [6, 6.07) is 12.1. The number of carbonyl (C=O) groups is 3. The van der Waals surface area contributed by atoms with Crippen molar-refractivity contribution in [3.05, 3.63) is 71.6 Å². The number of likely N-dealkylation sites (tertiary alicyclic amines) is 1. The number of methoxy groups -OCH3 is 1. The second-order valence-electron chi connectivity index (χ2n) is 6.83. The monoisotopic (exact) mass is 411 g/mol. The van der Waals surface area contributed by atoms with Gasteiger partial charge in [-0.05, 0) is 67.3 Å². The van der Waals surface area contributed by atoms with Crippen molar-refractivity contribution < 1.29 is 28.2 Å². The zero-order chi connectivity index (χ0) is 21.5. The van der Waals surface area contributed by atoms with Gasteiger partial charge in [-0.2, -0.15) is 0 Å². The maximum Gasteiger partial charge on any atom is 0.331 e. The lowest BCUT2D eigenvalue weighted by Gasteiger charge is -2.22. The Balaban J connectivity index is 1.66. The molecule has 0 spiro atoms. The van der Waals surface area contributed by atoms with Gasteiger partial charge in [-0.25, -0.2) is 9.18 Å². The standard InChI is InChI=1S/C23H22FNO5/c1-29-19-12-5-16(6-13-19)7-14-21(26)30-20-4-2-3-15-25(23(20)28)22(27)17-8-10-18(24)11-9-17/h5-14,20H,2-4,15H2,1H3/b14-7+. The van der Waals surface area contributed by atoms with Crippen LogP contribution in [0.3, 0.4) is 0 Å². The first-order chi connectivity index (χ1) is 14.5. The van der Waals surface area contributed by atoms with Crippen LogP contribution in [0.4, 0.5) is 4.39 Å². The minimum absolute atomic E-state index is 0.205. The number of hydrogen-bond acceptors (Lipinski definition) is 5. The van der Waals surface area contributed by atoms with Crippen molar-refractivity contribution >= 4 is 23.9 Å². The molecule has 30 heavy (non-hydrogen) atoms.